The van der Waals surface area contributed by atoms with Gasteiger partial charge in [0.05, 0.1) is 18.8 Å². The van der Waals surface area contributed by atoms with Crippen molar-refractivity contribution in [1.82, 2.24) is 0 Å². The Hall–Kier alpha value is -1.00. The Bertz CT molecular complexity index is 429. The van der Waals surface area contributed by atoms with Gasteiger partial charge >= 0.3 is 0 Å². The highest BCUT2D eigenvalue weighted by atomic mass is 32.2. The molecular weight excluding hydrogens is 232 g/mol. The largest absolute Gasteiger partial charge is 0.319 e. The molecule has 2 heterocycles. The number of thioether (sulfide) groups is 1. The van der Waals surface area contributed by atoms with Gasteiger partial charge in [0.25, 0.3) is 5.91 Å². The molecule has 0 saturated carbocycles. The van der Waals surface area contributed by atoms with E-state index < -0.39 is 0 Å². The number of hydrogen-bond donors (Lipinski definition) is 2. The van der Waals surface area contributed by atoms with E-state index in [4.69, 9.17) is 0 Å². The van der Waals surface area contributed by atoms with E-state index >= 15 is 0 Å². The number of rotatable bonds is 1. The first-order valence-electron chi connectivity index (χ1n) is 6.26. The van der Waals surface area contributed by atoms with Crippen LogP contribution in [0.4, 0.5) is 5.69 Å². The van der Waals surface area contributed by atoms with Crippen LogP contribution in [0.1, 0.15) is 19.3 Å². The number of hydrogen-bond acceptors (Lipinski definition) is 2. The third kappa shape index (κ3) is 2.19. The average Bonchev–Trinajstić information content (AvgIpc) is 2.39. The Kier molecular flexibility index (Phi) is 3.07. The highest BCUT2D eigenvalue weighted by Crippen LogP contribution is 2.33. The number of fused-ring (bicyclic) bond motifs is 1. The van der Waals surface area contributed by atoms with Crippen molar-refractivity contribution >= 4 is 23.4 Å². The number of carbonyl (C=O) groups excluding carboxylic acids is 1. The number of para-hydroxylation sites is 1. The Balaban J connectivity index is 1.81. The summed E-state index contributed by atoms with van der Waals surface area (Å²) in [6.45, 7) is 2.26. The first kappa shape index (κ1) is 11.1. The maximum absolute atomic E-state index is 12.1. The zero-order chi connectivity index (χ0) is 11.7. The molecule has 2 aliphatic heterocycles. The van der Waals surface area contributed by atoms with Gasteiger partial charge in [0.2, 0.25) is 5.37 Å². The second kappa shape index (κ2) is 4.70. The molecule has 90 valence electrons. The van der Waals surface area contributed by atoms with Gasteiger partial charge in [0.1, 0.15) is 0 Å². The van der Waals surface area contributed by atoms with E-state index in [1.54, 1.807) is 11.8 Å². The molecule has 0 unspecified atom stereocenters. The number of nitrogens with one attached hydrogen (secondary N) is 2. The molecule has 0 aliphatic carbocycles. The normalized spacial score (nSPS) is 25.2. The molecule has 1 aromatic rings. The van der Waals surface area contributed by atoms with Gasteiger partial charge in [-0.05, 0) is 31.4 Å². The predicted octanol–water partition coefficient (Wildman–Crippen LogP) is 1.13. The third-order valence-electron chi connectivity index (χ3n) is 3.49. The number of benzene rings is 1. The molecule has 1 aromatic carbocycles. The third-order valence-corrected chi connectivity index (χ3v) is 4.89. The summed E-state index contributed by atoms with van der Waals surface area (Å²) in [4.78, 5) is 14.7. The summed E-state index contributed by atoms with van der Waals surface area (Å²) in [5, 5.41) is 3.07. The summed E-state index contributed by atoms with van der Waals surface area (Å²) in [7, 11) is 0. The van der Waals surface area contributed by atoms with E-state index in [9.17, 15) is 4.79 Å². The summed E-state index contributed by atoms with van der Waals surface area (Å²) < 4.78 is 0. The molecule has 0 aromatic heterocycles. The van der Waals surface area contributed by atoms with Crippen molar-refractivity contribution in [2.24, 2.45) is 0 Å². The van der Waals surface area contributed by atoms with Crippen LogP contribution in [0.25, 0.3) is 0 Å². The first-order valence-corrected chi connectivity index (χ1v) is 7.14. The van der Waals surface area contributed by atoms with Crippen LogP contribution in [0.2, 0.25) is 0 Å². The van der Waals surface area contributed by atoms with Gasteiger partial charge in [-0.2, -0.15) is 0 Å². The van der Waals surface area contributed by atoms with Gasteiger partial charge in [-0.1, -0.05) is 23.9 Å². The SMILES string of the molecule is O=C1Nc2ccccc2S[C@H]1[NH+]1CCCCC1. The molecule has 1 fully saturated rings. The van der Waals surface area contributed by atoms with Gasteiger partial charge in [-0.3, -0.25) is 4.79 Å². The van der Waals surface area contributed by atoms with Gasteiger partial charge in [0, 0.05) is 4.90 Å². The topological polar surface area (TPSA) is 33.5 Å². The second-order valence-corrected chi connectivity index (χ2v) is 5.85. The molecule has 0 bridgehead atoms. The molecule has 3 nitrogen and oxygen atoms in total. The molecule has 3 rings (SSSR count). The quantitative estimate of drug-likeness (QED) is 0.782. The van der Waals surface area contributed by atoms with E-state index in [0.717, 1.165) is 18.8 Å². The molecule has 17 heavy (non-hydrogen) atoms. The fourth-order valence-electron chi connectivity index (χ4n) is 2.59. The minimum atomic E-state index is 0.0465. The van der Waals surface area contributed by atoms with Gasteiger partial charge < -0.3 is 10.2 Å². The number of amides is 1. The summed E-state index contributed by atoms with van der Waals surface area (Å²) in [5.41, 5.74) is 0.968. The second-order valence-electron chi connectivity index (χ2n) is 4.70. The highest BCUT2D eigenvalue weighted by molar-refractivity contribution is 8.00. The van der Waals surface area contributed by atoms with Crippen LogP contribution in [0.15, 0.2) is 29.2 Å². The predicted molar refractivity (Wildman–Crippen MR) is 69.3 cm³/mol. The Morgan fingerprint density at radius 1 is 1.18 bits per heavy atom. The van der Waals surface area contributed by atoms with E-state index in [1.807, 2.05) is 18.2 Å². The highest BCUT2D eigenvalue weighted by Gasteiger charge is 2.35. The number of quaternary nitrogens is 1. The Morgan fingerprint density at radius 2 is 1.94 bits per heavy atom. The fraction of sp³-hybridized carbons (Fsp3) is 0.462. The lowest BCUT2D eigenvalue weighted by Gasteiger charge is -2.32. The van der Waals surface area contributed by atoms with E-state index in [1.165, 1.54) is 29.1 Å². The first-order chi connectivity index (χ1) is 8.34. The van der Waals surface area contributed by atoms with Crippen molar-refractivity contribution < 1.29 is 9.69 Å². The molecule has 4 heteroatoms. The summed E-state index contributed by atoms with van der Waals surface area (Å²) in [6, 6.07) is 8.07. The smallest absolute Gasteiger partial charge is 0.294 e. The number of anilines is 1. The van der Waals surface area contributed by atoms with Crippen molar-refractivity contribution in [3.8, 4) is 0 Å². The number of piperidine rings is 1. The summed E-state index contributed by atoms with van der Waals surface area (Å²) >= 11 is 1.72. The number of carbonyl (C=O) groups is 1. The summed E-state index contributed by atoms with van der Waals surface area (Å²) in [6.07, 6.45) is 3.82. The zero-order valence-corrected chi connectivity index (χ0v) is 10.6. The molecule has 1 atom stereocenters. The molecule has 0 radical (unpaired) electrons. The molecule has 1 amide bonds. The zero-order valence-electron chi connectivity index (χ0n) is 9.74. The lowest BCUT2D eigenvalue weighted by molar-refractivity contribution is -0.906. The maximum Gasteiger partial charge on any atom is 0.294 e. The van der Waals surface area contributed by atoms with Crippen molar-refractivity contribution in [2.75, 3.05) is 18.4 Å². The van der Waals surface area contributed by atoms with Crippen molar-refractivity contribution in [1.29, 1.82) is 0 Å². The fourth-order valence-corrected chi connectivity index (χ4v) is 3.81. The lowest BCUT2D eigenvalue weighted by Crippen LogP contribution is -3.17. The Labute approximate surface area is 106 Å². The van der Waals surface area contributed by atoms with Gasteiger partial charge in [-0.15, -0.1) is 0 Å². The molecular formula is C13H17N2OS+. The van der Waals surface area contributed by atoms with Crippen molar-refractivity contribution in [2.45, 2.75) is 29.5 Å². The molecule has 0 spiro atoms. The van der Waals surface area contributed by atoms with Crippen molar-refractivity contribution in [3.63, 3.8) is 0 Å². The van der Waals surface area contributed by atoms with E-state index in [0.29, 0.717) is 0 Å². The number of likely N-dealkylation sites (tertiary alicyclic amines) is 1. The molecule has 1 saturated heterocycles. The minimum Gasteiger partial charge on any atom is -0.319 e. The molecule has 2 aliphatic rings. The van der Waals surface area contributed by atoms with E-state index in [2.05, 4.69) is 11.4 Å². The van der Waals surface area contributed by atoms with Crippen LogP contribution in [-0.4, -0.2) is 24.4 Å². The Morgan fingerprint density at radius 3 is 2.76 bits per heavy atom. The molecule has 2 N–H and O–H groups in total. The summed E-state index contributed by atoms with van der Waals surface area (Å²) in [5.74, 6) is 0.172. The standard InChI is InChI=1S/C13H16N2OS/c16-12-13(15-8-4-1-5-9-15)17-11-7-3-2-6-10(11)14-12/h2-3,6-7,13H,1,4-5,8-9H2,(H,14,16)/p+1/t13-/m1/s1. The maximum atomic E-state index is 12.1. The van der Waals surface area contributed by atoms with Crippen LogP contribution < -0.4 is 10.2 Å². The van der Waals surface area contributed by atoms with Crippen LogP contribution >= 0.6 is 11.8 Å². The lowest BCUT2D eigenvalue weighted by atomic mass is 10.1. The van der Waals surface area contributed by atoms with Crippen molar-refractivity contribution in [3.05, 3.63) is 24.3 Å². The monoisotopic (exact) mass is 249 g/mol. The van der Waals surface area contributed by atoms with E-state index in [-0.39, 0.29) is 11.3 Å². The van der Waals surface area contributed by atoms with Crippen LogP contribution in [0.3, 0.4) is 0 Å². The van der Waals surface area contributed by atoms with Gasteiger partial charge in [-0.25, -0.2) is 0 Å². The average molecular weight is 249 g/mol. The van der Waals surface area contributed by atoms with Gasteiger partial charge in [0.15, 0.2) is 0 Å². The van der Waals surface area contributed by atoms with Crippen LogP contribution in [-0.2, 0) is 4.79 Å². The minimum absolute atomic E-state index is 0.0465. The van der Waals surface area contributed by atoms with Crippen LogP contribution in [0.5, 0.6) is 0 Å². The van der Waals surface area contributed by atoms with Crippen LogP contribution in [0, 0.1) is 0 Å².